The zero-order valence-corrected chi connectivity index (χ0v) is 17.9. The number of amides is 2. The Balaban J connectivity index is 1.99. The van der Waals surface area contributed by atoms with Gasteiger partial charge in [0.25, 0.3) is 11.5 Å². The molecule has 0 unspecified atom stereocenters. The Kier molecular flexibility index (Phi) is 6.73. The average molecular weight is 449 g/mol. The van der Waals surface area contributed by atoms with E-state index in [1.54, 1.807) is 29.8 Å². The molecule has 0 aliphatic rings. The van der Waals surface area contributed by atoms with E-state index in [1.165, 1.54) is 10.8 Å². The third kappa shape index (κ3) is 4.53. The van der Waals surface area contributed by atoms with E-state index in [1.807, 2.05) is 24.3 Å². The van der Waals surface area contributed by atoms with Crippen LogP contribution in [0, 0.1) is 22.7 Å². The topological polar surface area (TPSA) is 159 Å². The van der Waals surface area contributed by atoms with Gasteiger partial charge in [-0.15, -0.1) is 11.3 Å². The van der Waals surface area contributed by atoms with Gasteiger partial charge in [-0.3, -0.25) is 19.0 Å². The standard InChI is InChI=1S/C21H19N7O3S/c1-2-28-20(31)17(32-21(28)15(10-23)19(30)25-7-6-22)11-26-14-3-4-16-13(9-14)5-8-27(16)12-18(24)29/h3-5,8-9,11,26H,2,7,12H2,1H3,(H2,24,29)(H,25,30)/b17-11-,21-15+. The quantitative estimate of drug-likeness (QED) is 0.414. The molecule has 0 aliphatic heterocycles. The van der Waals surface area contributed by atoms with Crippen molar-refractivity contribution in [3.63, 3.8) is 0 Å². The fourth-order valence-corrected chi connectivity index (χ4v) is 4.23. The Morgan fingerprint density at radius 3 is 2.72 bits per heavy atom. The first-order valence-corrected chi connectivity index (χ1v) is 10.3. The van der Waals surface area contributed by atoms with E-state index in [0.717, 1.165) is 22.2 Å². The summed E-state index contributed by atoms with van der Waals surface area (Å²) in [6.07, 6.45) is 3.29. The van der Waals surface area contributed by atoms with Crippen molar-refractivity contribution in [2.45, 2.75) is 20.0 Å². The van der Waals surface area contributed by atoms with E-state index in [9.17, 15) is 19.6 Å². The minimum atomic E-state index is -0.706. The number of nitriles is 2. The highest BCUT2D eigenvalue weighted by molar-refractivity contribution is 7.07. The van der Waals surface area contributed by atoms with Gasteiger partial charge in [-0.05, 0) is 31.2 Å². The van der Waals surface area contributed by atoms with Crippen molar-refractivity contribution < 1.29 is 9.59 Å². The molecule has 0 aliphatic carbocycles. The van der Waals surface area contributed by atoms with Crippen molar-refractivity contribution in [1.82, 2.24) is 14.5 Å². The Morgan fingerprint density at radius 2 is 2.06 bits per heavy atom. The summed E-state index contributed by atoms with van der Waals surface area (Å²) in [5.41, 5.74) is 6.26. The highest BCUT2D eigenvalue weighted by atomic mass is 32.1. The van der Waals surface area contributed by atoms with Gasteiger partial charge in [-0.25, -0.2) is 0 Å². The maximum absolute atomic E-state index is 12.8. The molecule has 2 aromatic heterocycles. The van der Waals surface area contributed by atoms with E-state index < -0.39 is 11.8 Å². The summed E-state index contributed by atoms with van der Waals surface area (Å²) in [6.45, 7) is 1.85. The number of benzene rings is 1. The molecule has 1 aromatic carbocycles. The first-order valence-electron chi connectivity index (χ1n) is 9.52. The molecule has 0 saturated heterocycles. The molecule has 0 bridgehead atoms. The van der Waals surface area contributed by atoms with Crippen molar-refractivity contribution in [3.8, 4) is 12.1 Å². The zero-order valence-electron chi connectivity index (χ0n) is 17.1. The number of rotatable bonds is 7. The lowest BCUT2D eigenvalue weighted by molar-refractivity contribution is -0.118. The Labute approximate surface area is 186 Å². The van der Waals surface area contributed by atoms with Crippen molar-refractivity contribution in [2.24, 2.45) is 5.73 Å². The predicted octanol–water partition coefficient (Wildman–Crippen LogP) is -0.466. The number of fused-ring (bicyclic) bond motifs is 1. The number of carbonyl (C=O) groups excluding carboxylic acids is 2. The summed E-state index contributed by atoms with van der Waals surface area (Å²) in [4.78, 5) is 36.2. The van der Waals surface area contributed by atoms with Gasteiger partial charge in [0.05, 0.1) is 6.07 Å². The lowest BCUT2D eigenvalue weighted by atomic mass is 10.2. The molecule has 0 spiro atoms. The third-order valence-corrected chi connectivity index (χ3v) is 5.70. The Bertz CT molecular complexity index is 1460. The first-order chi connectivity index (χ1) is 15.4. The average Bonchev–Trinajstić information content (AvgIpc) is 3.30. The summed E-state index contributed by atoms with van der Waals surface area (Å²) < 4.78 is 3.62. The summed E-state index contributed by atoms with van der Waals surface area (Å²) in [5.74, 6) is -1.14. The van der Waals surface area contributed by atoms with Gasteiger partial charge in [0, 0.05) is 35.5 Å². The molecule has 2 amide bonds. The number of anilines is 1. The Morgan fingerprint density at radius 1 is 1.28 bits per heavy atom. The molecular weight excluding hydrogens is 430 g/mol. The summed E-state index contributed by atoms with van der Waals surface area (Å²) in [6, 6.07) is 10.9. The molecule has 0 fully saturated rings. The predicted molar refractivity (Wildman–Crippen MR) is 120 cm³/mol. The lowest BCUT2D eigenvalue weighted by Gasteiger charge is -2.04. The van der Waals surface area contributed by atoms with Gasteiger partial charge in [-0.1, -0.05) is 0 Å². The molecule has 3 aromatic rings. The largest absolute Gasteiger partial charge is 0.368 e. The zero-order chi connectivity index (χ0) is 23.3. The summed E-state index contributed by atoms with van der Waals surface area (Å²) in [5, 5.41) is 24.3. The monoisotopic (exact) mass is 449 g/mol. The molecular formula is C21H19N7O3S. The number of thiazole rings is 1. The number of nitrogens with one attached hydrogen (secondary N) is 2. The maximum Gasteiger partial charge on any atom is 0.270 e. The molecule has 10 nitrogen and oxygen atoms in total. The van der Waals surface area contributed by atoms with Crippen LogP contribution < -0.4 is 31.1 Å². The number of carbonyl (C=O) groups is 2. The van der Waals surface area contributed by atoms with Gasteiger partial charge in [0.1, 0.15) is 28.4 Å². The molecule has 4 N–H and O–H groups in total. The second-order valence-electron chi connectivity index (χ2n) is 6.62. The number of nitrogens with zero attached hydrogens (tertiary/aromatic N) is 4. The smallest absolute Gasteiger partial charge is 0.270 e. The van der Waals surface area contributed by atoms with Crippen LogP contribution in [-0.2, 0) is 22.7 Å². The second-order valence-corrected chi connectivity index (χ2v) is 7.65. The molecule has 3 rings (SSSR count). The molecule has 0 saturated carbocycles. The van der Waals surface area contributed by atoms with Crippen LogP contribution in [0.25, 0.3) is 22.7 Å². The van der Waals surface area contributed by atoms with E-state index >= 15 is 0 Å². The van der Waals surface area contributed by atoms with Crippen LogP contribution in [0.1, 0.15) is 6.92 Å². The van der Waals surface area contributed by atoms with Crippen LogP contribution >= 0.6 is 11.3 Å². The van der Waals surface area contributed by atoms with E-state index in [0.29, 0.717) is 10.2 Å². The van der Waals surface area contributed by atoms with Crippen molar-refractivity contribution in [1.29, 1.82) is 10.5 Å². The number of aromatic nitrogens is 2. The molecule has 11 heteroatoms. The fourth-order valence-electron chi connectivity index (χ4n) is 3.14. The first kappa shape index (κ1) is 22.3. The van der Waals surface area contributed by atoms with Crippen molar-refractivity contribution >= 4 is 51.5 Å². The van der Waals surface area contributed by atoms with Crippen LogP contribution in [0.3, 0.4) is 0 Å². The second kappa shape index (κ2) is 9.64. The third-order valence-electron chi connectivity index (χ3n) is 4.57. The van der Waals surface area contributed by atoms with E-state index in [2.05, 4.69) is 10.6 Å². The minimum Gasteiger partial charge on any atom is -0.368 e. The number of primary amides is 1. The minimum absolute atomic E-state index is 0.0800. The molecule has 32 heavy (non-hydrogen) atoms. The van der Waals surface area contributed by atoms with Crippen LogP contribution in [0.15, 0.2) is 35.3 Å². The number of nitrogens with two attached hydrogens (primary N) is 1. The van der Waals surface area contributed by atoms with Gasteiger partial charge in [0.15, 0.2) is 5.57 Å². The SMILES string of the molecule is CCn1c(=O)/c(=C/Nc2ccc3c(ccn3CC(N)=O)c2)s/c1=C(\C#N)C(=O)NCC#N. The Hall–Kier alpha value is -4.35. The molecule has 0 atom stereocenters. The molecule has 0 radical (unpaired) electrons. The van der Waals surface area contributed by atoms with Crippen molar-refractivity contribution in [2.75, 3.05) is 11.9 Å². The highest BCUT2D eigenvalue weighted by Gasteiger charge is 2.14. The maximum atomic E-state index is 12.8. The molecule has 2 heterocycles. The number of hydrogen-bond donors (Lipinski definition) is 3. The fraction of sp³-hybridized carbons (Fsp3) is 0.190. The summed E-state index contributed by atoms with van der Waals surface area (Å²) in [7, 11) is 0. The van der Waals surface area contributed by atoms with Crippen LogP contribution in [0.5, 0.6) is 0 Å². The summed E-state index contributed by atoms with van der Waals surface area (Å²) >= 11 is 1.01. The lowest BCUT2D eigenvalue weighted by Crippen LogP contribution is -2.34. The highest BCUT2D eigenvalue weighted by Crippen LogP contribution is 2.20. The van der Waals surface area contributed by atoms with Gasteiger partial charge < -0.3 is 20.9 Å². The van der Waals surface area contributed by atoms with E-state index in [-0.39, 0.29) is 35.4 Å². The van der Waals surface area contributed by atoms with Gasteiger partial charge in [-0.2, -0.15) is 10.5 Å². The van der Waals surface area contributed by atoms with E-state index in [4.69, 9.17) is 11.0 Å². The normalized spacial score (nSPS) is 12.2. The van der Waals surface area contributed by atoms with Gasteiger partial charge >= 0.3 is 0 Å². The van der Waals surface area contributed by atoms with Gasteiger partial charge in [0.2, 0.25) is 5.91 Å². The van der Waals surface area contributed by atoms with Crippen molar-refractivity contribution in [3.05, 3.63) is 50.0 Å². The van der Waals surface area contributed by atoms with Crippen LogP contribution in [0.4, 0.5) is 5.69 Å². The molecule has 162 valence electrons. The van der Waals surface area contributed by atoms with Crippen LogP contribution in [0.2, 0.25) is 0 Å². The number of hydrogen-bond acceptors (Lipinski definition) is 7. The van der Waals surface area contributed by atoms with Crippen LogP contribution in [-0.4, -0.2) is 27.5 Å².